The van der Waals surface area contributed by atoms with Crippen molar-refractivity contribution in [2.75, 3.05) is 38.9 Å². The van der Waals surface area contributed by atoms with Crippen LogP contribution in [0.3, 0.4) is 0 Å². The molecule has 4 nitrogen and oxygen atoms in total. The second-order valence-electron chi connectivity index (χ2n) is 4.80. The molecule has 1 aromatic rings. The minimum Gasteiger partial charge on any atom is -0.383 e. The van der Waals surface area contributed by atoms with Crippen LogP contribution < -0.4 is 4.90 Å². The predicted octanol–water partition coefficient (Wildman–Crippen LogP) is 2.87. The lowest BCUT2D eigenvalue weighted by Crippen LogP contribution is -2.39. The lowest BCUT2D eigenvalue weighted by Gasteiger charge is -2.30. The normalized spacial score (nSPS) is 12.4. The second-order valence-corrected chi connectivity index (χ2v) is 5.07. The summed E-state index contributed by atoms with van der Waals surface area (Å²) in [7, 11) is 3.42. The van der Waals surface area contributed by atoms with Crippen molar-refractivity contribution in [3.8, 4) is 0 Å². The molecule has 114 valence electrons. The molecular weight excluding hydrogens is 276 g/mol. The van der Waals surface area contributed by atoms with Gasteiger partial charge in [-0.3, -0.25) is 0 Å². The molecule has 20 heavy (non-hydrogen) atoms. The number of ether oxygens (including phenoxy) is 2. The van der Waals surface area contributed by atoms with E-state index in [-0.39, 0.29) is 6.04 Å². The van der Waals surface area contributed by atoms with Gasteiger partial charge >= 0.3 is 0 Å². The van der Waals surface area contributed by atoms with E-state index in [2.05, 4.69) is 24.8 Å². The average Bonchev–Trinajstić information content (AvgIpc) is 2.47. The molecule has 0 aliphatic heterocycles. The van der Waals surface area contributed by atoms with E-state index in [9.17, 15) is 0 Å². The first-order chi connectivity index (χ1) is 9.65. The van der Waals surface area contributed by atoms with Gasteiger partial charge in [-0.2, -0.15) is 0 Å². The van der Waals surface area contributed by atoms with Crippen molar-refractivity contribution >= 4 is 17.4 Å². The molecule has 1 unspecified atom stereocenters. The van der Waals surface area contributed by atoms with Gasteiger partial charge in [0.2, 0.25) is 0 Å². The van der Waals surface area contributed by atoms with Crippen LogP contribution in [-0.2, 0) is 21.8 Å². The van der Waals surface area contributed by atoms with E-state index in [1.165, 1.54) is 0 Å². The molecule has 0 aliphatic carbocycles. The summed E-state index contributed by atoms with van der Waals surface area (Å²) in [5, 5.41) is 0. The van der Waals surface area contributed by atoms with Crippen LogP contribution >= 0.6 is 11.6 Å². The Morgan fingerprint density at radius 3 is 2.60 bits per heavy atom. The maximum atomic E-state index is 5.98. The molecule has 1 atom stereocenters. The third kappa shape index (κ3) is 4.93. The zero-order valence-electron chi connectivity index (χ0n) is 12.9. The van der Waals surface area contributed by atoms with Crippen molar-refractivity contribution in [3.63, 3.8) is 0 Å². The Labute approximate surface area is 127 Å². The van der Waals surface area contributed by atoms with Gasteiger partial charge in [0.25, 0.3) is 0 Å². The van der Waals surface area contributed by atoms with Crippen LogP contribution in [0.15, 0.2) is 12.1 Å². The van der Waals surface area contributed by atoms with Crippen molar-refractivity contribution in [2.24, 2.45) is 0 Å². The summed E-state index contributed by atoms with van der Waals surface area (Å²) in [5.41, 5.74) is 2.16. The predicted molar refractivity (Wildman–Crippen MR) is 83.7 cm³/mol. The molecular formula is C15H25ClN2O2. The monoisotopic (exact) mass is 300 g/mol. The number of rotatable bonds is 9. The fourth-order valence-corrected chi connectivity index (χ4v) is 2.27. The third-order valence-corrected chi connectivity index (χ3v) is 3.52. The third-order valence-electron chi connectivity index (χ3n) is 3.21. The van der Waals surface area contributed by atoms with Crippen molar-refractivity contribution in [1.29, 1.82) is 0 Å². The summed E-state index contributed by atoms with van der Waals surface area (Å²) in [5.74, 6) is 1.45. The minimum atomic E-state index is 0.234. The second kappa shape index (κ2) is 9.16. The van der Waals surface area contributed by atoms with E-state index in [4.69, 9.17) is 26.1 Å². The number of halogens is 1. The van der Waals surface area contributed by atoms with E-state index in [0.717, 1.165) is 30.0 Å². The van der Waals surface area contributed by atoms with E-state index < -0.39 is 0 Å². The van der Waals surface area contributed by atoms with Crippen molar-refractivity contribution in [1.82, 2.24) is 4.98 Å². The van der Waals surface area contributed by atoms with E-state index in [1.54, 1.807) is 14.2 Å². The fraction of sp³-hybridized carbons (Fsp3) is 0.667. The SMILES string of the molecule is CCc1cc(CCl)cc(N(CCOC)C(C)COC)n1. The Bertz CT molecular complexity index is 379. The average molecular weight is 301 g/mol. The number of pyridine rings is 1. The molecule has 0 bridgehead atoms. The molecule has 0 radical (unpaired) electrons. The highest BCUT2D eigenvalue weighted by atomic mass is 35.5. The Morgan fingerprint density at radius 2 is 2.05 bits per heavy atom. The number of methoxy groups -OCH3 is 2. The van der Waals surface area contributed by atoms with Crippen molar-refractivity contribution < 1.29 is 9.47 Å². The van der Waals surface area contributed by atoms with Crippen LogP contribution in [0.4, 0.5) is 5.82 Å². The van der Waals surface area contributed by atoms with Crippen molar-refractivity contribution in [3.05, 3.63) is 23.4 Å². The van der Waals surface area contributed by atoms with Gasteiger partial charge in [0, 0.05) is 32.3 Å². The Morgan fingerprint density at radius 1 is 1.30 bits per heavy atom. The molecule has 0 amide bonds. The summed E-state index contributed by atoms with van der Waals surface area (Å²) in [6, 6.07) is 4.35. The van der Waals surface area contributed by atoms with Crippen LogP contribution in [0.1, 0.15) is 25.1 Å². The van der Waals surface area contributed by atoms with Gasteiger partial charge < -0.3 is 14.4 Å². The largest absolute Gasteiger partial charge is 0.383 e. The summed E-state index contributed by atoms with van der Waals surface area (Å²) in [6.45, 7) is 6.31. The van der Waals surface area contributed by atoms with Gasteiger partial charge in [-0.05, 0) is 31.0 Å². The topological polar surface area (TPSA) is 34.6 Å². The number of aryl methyl sites for hydroxylation is 1. The molecule has 1 aromatic heterocycles. The van der Waals surface area contributed by atoms with Crippen LogP contribution in [0.5, 0.6) is 0 Å². The highest BCUT2D eigenvalue weighted by Crippen LogP contribution is 2.19. The van der Waals surface area contributed by atoms with Gasteiger partial charge in [0.05, 0.1) is 19.3 Å². The molecule has 1 heterocycles. The van der Waals surface area contributed by atoms with Gasteiger partial charge in [-0.1, -0.05) is 6.92 Å². The molecule has 0 N–H and O–H groups in total. The van der Waals surface area contributed by atoms with Crippen molar-refractivity contribution in [2.45, 2.75) is 32.2 Å². The van der Waals surface area contributed by atoms with E-state index in [1.807, 2.05) is 6.07 Å². The summed E-state index contributed by atoms with van der Waals surface area (Å²) >= 11 is 5.98. The number of nitrogens with zero attached hydrogens (tertiary/aromatic N) is 2. The first-order valence-corrected chi connectivity index (χ1v) is 7.50. The summed E-state index contributed by atoms with van der Waals surface area (Å²) < 4.78 is 10.5. The molecule has 0 saturated heterocycles. The maximum absolute atomic E-state index is 5.98. The molecule has 1 rings (SSSR count). The van der Waals surface area contributed by atoms with Crippen LogP contribution in [0.2, 0.25) is 0 Å². The molecule has 0 fully saturated rings. The van der Waals surface area contributed by atoms with Crippen LogP contribution in [0.25, 0.3) is 0 Å². The van der Waals surface area contributed by atoms with E-state index in [0.29, 0.717) is 19.1 Å². The fourth-order valence-electron chi connectivity index (χ4n) is 2.12. The molecule has 5 heteroatoms. The number of hydrogen-bond acceptors (Lipinski definition) is 4. The highest BCUT2D eigenvalue weighted by molar-refractivity contribution is 6.17. The van der Waals surface area contributed by atoms with E-state index >= 15 is 0 Å². The molecule has 0 spiro atoms. The van der Waals surface area contributed by atoms with Crippen LogP contribution in [0, 0.1) is 0 Å². The first-order valence-electron chi connectivity index (χ1n) is 6.96. The smallest absolute Gasteiger partial charge is 0.129 e. The molecule has 0 saturated carbocycles. The summed E-state index contributed by atoms with van der Waals surface area (Å²) in [6.07, 6.45) is 0.897. The van der Waals surface area contributed by atoms with Gasteiger partial charge in [-0.25, -0.2) is 4.98 Å². The molecule has 0 aromatic carbocycles. The number of hydrogen-bond donors (Lipinski definition) is 0. The quantitative estimate of drug-likeness (QED) is 0.657. The number of aromatic nitrogens is 1. The zero-order valence-corrected chi connectivity index (χ0v) is 13.6. The molecule has 0 aliphatic rings. The zero-order chi connectivity index (χ0) is 15.0. The van der Waals surface area contributed by atoms with Gasteiger partial charge in [0.15, 0.2) is 0 Å². The first kappa shape index (κ1) is 17.2. The van der Waals surface area contributed by atoms with Crippen LogP contribution in [-0.4, -0.2) is 45.0 Å². The van der Waals surface area contributed by atoms with Gasteiger partial charge in [0.1, 0.15) is 5.82 Å². The standard InChI is InChI=1S/C15H25ClN2O2/c1-5-14-8-13(10-16)9-15(17-14)18(6-7-19-3)12(2)11-20-4/h8-9,12H,5-7,10-11H2,1-4H3. The Balaban J connectivity index is 3.04. The minimum absolute atomic E-state index is 0.234. The lowest BCUT2D eigenvalue weighted by atomic mass is 10.2. The lowest BCUT2D eigenvalue weighted by molar-refractivity contribution is 0.170. The van der Waals surface area contributed by atoms with Gasteiger partial charge in [-0.15, -0.1) is 11.6 Å². The highest BCUT2D eigenvalue weighted by Gasteiger charge is 2.16. The number of anilines is 1. The maximum Gasteiger partial charge on any atom is 0.129 e. The summed E-state index contributed by atoms with van der Waals surface area (Å²) in [4.78, 5) is 6.92. The Hall–Kier alpha value is -0.840. The number of alkyl halides is 1. The Kier molecular flexibility index (Phi) is 7.88.